The van der Waals surface area contributed by atoms with Gasteiger partial charge in [-0.25, -0.2) is 4.79 Å². The first-order valence-electron chi connectivity index (χ1n) is 4.25. The van der Waals surface area contributed by atoms with Crippen LogP contribution in [-0.2, 0) is 6.42 Å². The summed E-state index contributed by atoms with van der Waals surface area (Å²) < 4.78 is 5.04. The number of hydrogen-bond donors (Lipinski definition) is 1. The van der Waals surface area contributed by atoms with Gasteiger partial charge in [0.2, 0.25) is 0 Å². The molecule has 3 nitrogen and oxygen atoms in total. The van der Waals surface area contributed by atoms with Gasteiger partial charge in [0.1, 0.15) is 5.75 Å². The van der Waals surface area contributed by atoms with Crippen molar-refractivity contribution in [1.82, 2.24) is 5.32 Å². The van der Waals surface area contributed by atoms with Crippen LogP contribution in [0.4, 0.5) is 4.79 Å². The Balaban J connectivity index is 2.81. The number of aryl methyl sites for hydroxylation is 1. The third-order valence-corrected chi connectivity index (χ3v) is 1.76. The highest BCUT2D eigenvalue weighted by atomic mass is 16.6. The Labute approximate surface area is 77.7 Å². The van der Waals surface area contributed by atoms with Crippen molar-refractivity contribution in [2.75, 3.05) is 7.05 Å². The van der Waals surface area contributed by atoms with Crippen LogP contribution in [-0.4, -0.2) is 13.1 Å². The molecule has 0 saturated heterocycles. The van der Waals surface area contributed by atoms with Gasteiger partial charge in [-0.3, -0.25) is 0 Å². The second-order valence-corrected chi connectivity index (χ2v) is 2.60. The van der Waals surface area contributed by atoms with Gasteiger partial charge in [-0.1, -0.05) is 25.1 Å². The summed E-state index contributed by atoms with van der Waals surface area (Å²) in [4.78, 5) is 10.9. The topological polar surface area (TPSA) is 38.3 Å². The van der Waals surface area contributed by atoms with E-state index in [-0.39, 0.29) is 0 Å². The fraction of sp³-hybridized carbons (Fsp3) is 0.300. The van der Waals surface area contributed by atoms with Gasteiger partial charge in [0.25, 0.3) is 0 Å². The van der Waals surface area contributed by atoms with Crippen LogP contribution in [0.3, 0.4) is 0 Å². The Morgan fingerprint density at radius 3 is 2.77 bits per heavy atom. The molecule has 0 unspecified atom stereocenters. The number of rotatable bonds is 2. The maximum absolute atomic E-state index is 10.9. The fourth-order valence-corrected chi connectivity index (χ4v) is 1.05. The van der Waals surface area contributed by atoms with Crippen LogP contribution in [0.1, 0.15) is 12.5 Å². The largest absolute Gasteiger partial charge is 0.412 e. The lowest BCUT2D eigenvalue weighted by Crippen LogP contribution is -2.22. The summed E-state index contributed by atoms with van der Waals surface area (Å²) in [7, 11) is 1.54. The van der Waals surface area contributed by atoms with Crippen molar-refractivity contribution < 1.29 is 9.53 Å². The van der Waals surface area contributed by atoms with Crippen LogP contribution in [0, 0.1) is 0 Å². The van der Waals surface area contributed by atoms with E-state index in [1.54, 1.807) is 6.07 Å². The average molecular weight is 179 g/mol. The number of hydrogen-bond acceptors (Lipinski definition) is 2. The van der Waals surface area contributed by atoms with Gasteiger partial charge in [-0.15, -0.1) is 0 Å². The zero-order valence-electron chi connectivity index (χ0n) is 7.83. The van der Waals surface area contributed by atoms with Gasteiger partial charge < -0.3 is 10.1 Å². The zero-order chi connectivity index (χ0) is 9.68. The molecular weight excluding hydrogens is 166 g/mol. The summed E-state index contributed by atoms with van der Waals surface area (Å²) in [5.41, 5.74) is 1.03. The van der Waals surface area contributed by atoms with E-state index in [1.165, 1.54) is 7.05 Å². The predicted molar refractivity (Wildman–Crippen MR) is 50.9 cm³/mol. The van der Waals surface area contributed by atoms with Gasteiger partial charge in [0.15, 0.2) is 0 Å². The molecule has 0 fully saturated rings. The standard InChI is InChI=1S/C10H13NO2/c1-3-8-6-4-5-7-9(8)13-10(12)11-2/h4-7H,3H2,1-2H3,(H,11,12). The quantitative estimate of drug-likeness (QED) is 0.753. The molecule has 0 radical (unpaired) electrons. The minimum atomic E-state index is -0.430. The Kier molecular flexibility index (Phi) is 3.31. The summed E-state index contributed by atoms with van der Waals surface area (Å²) in [5.74, 6) is 0.629. The fourth-order valence-electron chi connectivity index (χ4n) is 1.05. The Hall–Kier alpha value is -1.51. The highest BCUT2D eigenvalue weighted by Gasteiger charge is 2.04. The third kappa shape index (κ3) is 2.47. The average Bonchev–Trinajstić information content (AvgIpc) is 2.18. The first kappa shape index (κ1) is 9.58. The minimum absolute atomic E-state index is 0.430. The van der Waals surface area contributed by atoms with E-state index in [1.807, 2.05) is 25.1 Å². The van der Waals surface area contributed by atoms with E-state index in [2.05, 4.69) is 5.32 Å². The van der Waals surface area contributed by atoms with E-state index in [0.717, 1.165) is 12.0 Å². The number of para-hydroxylation sites is 1. The molecule has 13 heavy (non-hydrogen) atoms. The monoisotopic (exact) mass is 179 g/mol. The number of carbonyl (C=O) groups is 1. The first-order valence-corrected chi connectivity index (χ1v) is 4.25. The van der Waals surface area contributed by atoms with E-state index in [4.69, 9.17) is 4.74 Å². The summed E-state index contributed by atoms with van der Waals surface area (Å²) in [5, 5.41) is 2.40. The molecule has 0 aliphatic carbocycles. The molecule has 0 spiro atoms. The molecule has 0 saturated carbocycles. The molecule has 0 bridgehead atoms. The van der Waals surface area contributed by atoms with Crippen LogP contribution in [0.5, 0.6) is 5.75 Å². The number of nitrogens with one attached hydrogen (secondary N) is 1. The second-order valence-electron chi connectivity index (χ2n) is 2.60. The Bertz CT molecular complexity index is 297. The maximum atomic E-state index is 10.9. The molecule has 1 aromatic rings. The SMILES string of the molecule is CCc1ccccc1OC(=O)NC. The molecule has 1 N–H and O–H groups in total. The highest BCUT2D eigenvalue weighted by molar-refractivity contribution is 5.70. The van der Waals surface area contributed by atoms with E-state index < -0.39 is 6.09 Å². The van der Waals surface area contributed by atoms with Crippen molar-refractivity contribution >= 4 is 6.09 Å². The summed E-state index contributed by atoms with van der Waals surface area (Å²) in [6, 6.07) is 7.50. The lowest BCUT2D eigenvalue weighted by Gasteiger charge is -2.07. The zero-order valence-corrected chi connectivity index (χ0v) is 7.83. The van der Waals surface area contributed by atoms with Crippen molar-refractivity contribution in [3.05, 3.63) is 29.8 Å². The van der Waals surface area contributed by atoms with Gasteiger partial charge in [-0.05, 0) is 18.1 Å². The minimum Gasteiger partial charge on any atom is -0.410 e. The van der Waals surface area contributed by atoms with Crippen LogP contribution in [0.25, 0.3) is 0 Å². The van der Waals surface area contributed by atoms with Crippen molar-refractivity contribution in [3.8, 4) is 5.75 Å². The number of carbonyl (C=O) groups excluding carboxylic acids is 1. The van der Waals surface area contributed by atoms with Crippen LogP contribution in [0.15, 0.2) is 24.3 Å². The van der Waals surface area contributed by atoms with Crippen molar-refractivity contribution in [2.45, 2.75) is 13.3 Å². The van der Waals surface area contributed by atoms with Crippen molar-refractivity contribution in [1.29, 1.82) is 0 Å². The molecule has 0 aliphatic heterocycles. The van der Waals surface area contributed by atoms with Gasteiger partial charge in [-0.2, -0.15) is 0 Å². The molecule has 70 valence electrons. The Morgan fingerprint density at radius 2 is 2.15 bits per heavy atom. The normalized spacial score (nSPS) is 9.38. The molecule has 3 heteroatoms. The van der Waals surface area contributed by atoms with E-state index in [0.29, 0.717) is 5.75 Å². The summed E-state index contributed by atoms with van der Waals surface area (Å²) >= 11 is 0. The lowest BCUT2D eigenvalue weighted by atomic mass is 10.1. The number of ether oxygens (including phenoxy) is 1. The van der Waals surface area contributed by atoms with Crippen LogP contribution < -0.4 is 10.1 Å². The smallest absolute Gasteiger partial charge is 0.410 e. The molecule has 0 heterocycles. The van der Waals surface area contributed by atoms with E-state index >= 15 is 0 Å². The van der Waals surface area contributed by atoms with Crippen LogP contribution >= 0.6 is 0 Å². The van der Waals surface area contributed by atoms with Gasteiger partial charge in [0, 0.05) is 7.05 Å². The third-order valence-electron chi connectivity index (χ3n) is 1.76. The molecule has 0 aromatic heterocycles. The molecule has 0 aliphatic rings. The van der Waals surface area contributed by atoms with Crippen molar-refractivity contribution in [2.24, 2.45) is 0 Å². The molecule has 1 rings (SSSR count). The van der Waals surface area contributed by atoms with E-state index in [9.17, 15) is 4.79 Å². The summed E-state index contributed by atoms with van der Waals surface area (Å²) in [6.45, 7) is 2.02. The molecular formula is C10H13NO2. The van der Waals surface area contributed by atoms with Crippen molar-refractivity contribution in [3.63, 3.8) is 0 Å². The Morgan fingerprint density at radius 1 is 1.46 bits per heavy atom. The maximum Gasteiger partial charge on any atom is 0.412 e. The lowest BCUT2D eigenvalue weighted by molar-refractivity contribution is 0.202. The van der Waals surface area contributed by atoms with Crippen LogP contribution in [0.2, 0.25) is 0 Å². The second kappa shape index (κ2) is 4.50. The predicted octanol–water partition coefficient (Wildman–Crippen LogP) is 1.97. The molecule has 1 aromatic carbocycles. The molecule has 1 amide bonds. The highest BCUT2D eigenvalue weighted by Crippen LogP contribution is 2.17. The van der Waals surface area contributed by atoms with Gasteiger partial charge >= 0.3 is 6.09 Å². The number of benzene rings is 1. The molecule has 0 atom stereocenters. The first-order chi connectivity index (χ1) is 6.27. The summed E-state index contributed by atoms with van der Waals surface area (Å²) in [6.07, 6.45) is 0.425. The number of amides is 1. The van der Waals surface area contributed by atoms with Gasteiger partial charge in [0.05, 0.1) is 0 Å².